The Hall–Kier alpha value is -1.46. The first kappa shape index (κ1) is 17.9. The SMILES string of the molecule is COCCCCCN=C(N)N1CCN(c2ccc(Cl)cc2)CC1. The van der Waals surface area contributed by atoms with Gasteiger partial charge in [0.1, 0.15) is 0 Å². The van der Waals surface area contributed by atoms with Crippen molar-refractivity contribution >= 4 is 23.2 Å². The van der Waals surface area contributed by atoms with Crippen molar-refractivity contribution < 1.29 is 4.74 Å². The lowest BCUT2D eigenvalue weighted by Crippen LogP contribution is -2.51. The number of aliphatic imine (C=N–C) groups is 1. The quantitative estimate of drug-likeness (QED) is 0.471. The van der Waals surface area contributed by atoms with Gasteiger partial charge >= 0.3 is 0 Å². The zero-order chi connectivity index (χ0) is 16.5. The van der Waals surface area contributed by atoms with E-state index in [0.717, 1.165) is 63.6 Å². The normalized spacial score (nSPS) is 16.0. The molecule has 2 N–H and O–H groups in total. The number of halogens is 1. The number of nitrogens with two attached hydrogens (primary N) is 1. The van der Waals surface area contributed by atoms with E-state index in [-0.39, 0.29) is 0 Å². The third-order valence-corrected chi connectivity index (χ3v) is 4.33. The lowest BCUT2D eigenvalue weighted by atomic mass is 10.2. The highest BCUT2D eigenvalue weighted by atomic mass is 35.5. The number of anilines is 1. The smallest absolute Gasteiger partial charge is 0.191 e. The molecule has 6 heteroatoms. The molecule has 0 spiro atoms. The summed E-state index contributed by atoms with van der Waals surface area (Å²) >= 11 is 5.94. The third kappa shape index (κ3) is 5.92. The molecule has 1 heterocycles. The molecule has 1 aromatic rings. The Bertz CT molecular complexity index is 484. The van der Waals surface area contributed by atoms with Crippen LogP contribution in [0.25, 0.3) is 0 Å². The van der Waals surface area contributed by atoms with Crippen molar-refractivity contribution in [2.45, 2.75) is 19.3 Å². The van der Waals surface area contributed by atoms with Gasteiger partial charge in [0.05, 0.1) is 0 Å². The summed E-state index contributed by atoms with van der Waals surface area (Å²) in [4.78, 5) is 9.02. The van der Waals surface area contributed by atoms with E-state index >= 15 is 0 Å². The van der Waals surface area contributed by atoms with Gasteiger partial charge in [-0.1, -0.05) is 11.6 Å². The zero-order valence-corrected chi connectivity index (χ0v) is 14.6. The first-order chi connectivity index (χ1) is 11.2. The molecule has 1 aromatic carbocycles. The molecular weight excluding hydrogens is 312 g/mol. The van der Waals surface area contributed by atoms with Gasteiger partial charge in [-0.2, -0.15) is 0 Å². The van der Waals surface area contributed by atoms with E-state index in [0.29, 0.717) is 5.96 Å². The maximum atomic E-state index is 6.11. The number of benzene rings is 1. The van der Waals surface area contributed by atoms with Crippen LogP contribution < -0.4 is 10.6 Å². The van der Waals surface area contributed by atoms with Crippen LogP contribution in [-0.2, 0) is 4.74 Å². The van der Waals surface area contributed by atoms with Crippen molar-refractivity contribution in [1.29, 1.82) is 0 Å². The summed E-state index contributed by atoms with van der Waals surface area (Å²) in [5.41, 5.74) is 7.32. The van der Waals surface area contributed by atoms with Crippen LogP contribution in [0, 0.1) is 0 Å². The summed E-state index contributed by atoms with van der Waals surface area (Å²) in [5.74, 6) is 0.674. The van der Waals surface area contributed by atoms with E-state index in [1.807, 2.05) is 12.1 Å². The van der Waals surface area contributed by atoms with E-state index in [1.54, 1.807) is 7.11 Å². The Morgan fingerprint density at radius 3 is 2.48 bits per heavy atom. The molecule has 1 saturated heterocycles. The first-order valence-electron chi connectivity index (χ1n) is 8.25. The van der Waals surface area contributed by atoms with Gasteiger partial charge in [0.15, 0.2) is 5.96 Å². The average molecular weight is 339 g/mol. The molecule has 0 saturated carbocycles. The van der Waals surface area contributed by atoms with Crippen LogP contribution in [0.1, 0.15) is 19.3 Å². The van der Waals surface area contributed by atoms with E-state index in [2.05, 4.69) is 26.9 Å². The van der Waals surface area contributed by atoms with Crippen molar-refractivity contribution in [3.8, 4) is 0 Å². The van der Waals surface area contributed by atoms with Crippen molar-refractivity contribution in [2.75, 3.05) is 51.3 Å². The van der Waals surface area contributed by atoms with Gasteiger partial charge in [0, 0.05) is 57.2 Å². The number of methoxy groups -OCH3 is 1. The molecule has 5 nitrogen and oxygen atoms in total. The van der Waals surface area contributed by atoms with Gasteiger partial charge in [0.2, 0.25) is 0 Å². The number of rotatable bonds is 7. The fourth-order valence-corrected chi connectivity index (χ4v) is 2.80. The number of hydrogen-bond donors (Lipinski definition) is 1. The highest BCUT2D eigenvalue weighted by molar-refractivity contribution is 6.30. The molecule has 0 atom stereocenters. The minimum atomic E-state index is 0.674. The van der Waals surface area contributed by atoms with Crippen molar-refractivity contribution in [2.24, 2.45) is 10.7 Å². The van der Waals surface area contributed by atoms with Crippen molar-refractivity contribution in [3.05, 3.63) is 29.3 Å². The van der Waals surface area contributed by atoms with Crippen LogP contribution in [0.2, 0.25) is 5.02 Å². The minimum Gasteiger partial charge on any atom is -0.385 e. The van der Waals surface area contributed by atoms with Gasteiger partial charge < -0.3 is 20.3 Å². The minimum absolute atomic E-state index is 0.674. The molecule has 2 rings (SSSR count). The monoisotopic (exact) mass is 338 g/mol. The summed E-state index contributed by atoms with van der Waals surface area (Å²) in [7, 11) is 1.74. The number of unbranched alkanes of at least 4 members (excludes halogenated alkanes) is 2. The highest BCUT2D eigenvalue weighted by Gasteiger charge is 2.18. The summed E-state index contributed by atoms with van der Waals surface area (Å²) in [6, 6.07) is 8.00. The standard InChI is InChI=1S/C17H27ClN4O/c1-23-14-4-2-3-9-20-17(19)22-12-10-21(11-13-22)16-7-5-15(18)6-8-16/h5-8H,2-4,9-14H2,1H3,(H2,19,20). The molecule has 0 aromatic heterocycles. The van der Waals surface area contributed by atoms with Gasteiger partial charge in [-0.05, 0) is 43.5 Å². The highest BCUT2D eigenvalue weighted by Crippen LogP contribution is 2.19. The maximum absolute atomic E-state index is 6.11. The molecule has 1 fully saturated rings. The lowest BCUT2D eigenvalue weighted by Gasteiger charge is -2.36. The fraction of sp³-hybridized carbons (Fsp3) is 0.588. The number of piperazine rings is 1. The van der Waals surface area contributed by atoms with Crippen LogP contribution in [0.3, 0.4) is 0 Å². The van der Waals surface area contributed by atoms with Crippen molar-refractivity contribution in [1.82, 2.24) is 4.90 Å². The van der Waals surface area contributed by atoms with Crippen molar-refractivity contribution in [3.63, 3.8) is 0 Å². The molecule has 1 aliphatic rings. The third-order valence-electron chi connectivity index (χ3n) is 4.08. The van der Waals surface area contributed by atoms with Crippen LogP contribution in [0.5, 0.6) is 0 Å². The molecule has 0 unspecified atom stereocenters. The Kier molecular flexibility index (Phi) is 7.49. The van der Waals surface area contributed by atoms with E-state index in [1.165, 1.54) is 5.69 Å². The number of nitrogens with zero attached hydrogens (tertiary/aromatic N) is 3. The second-order valence-electron chi connectivity index (χ2n) is 5.74. The predicted octanol–water partition coefficient (Wildman–Crippen LogP) is 2.59. The van der Waals surface area contributed by atoms with Gasteiger partial charge in [-0.3, -0.25) is 4.99 Å². The van der Waals surface area contributed by atoms with E-state index in [9.17, 15) is 0 Å². The second-order valence-corrected chi connectivity index (χ2v) is 6.18. The summed E-state index contributed by atoms with van der Waals surface area (Å²) < 4.78 is 5.04. The van der Waals surface area contributed by atoms with Gasteiger partial charge in [0.25, 0.3) is 0 Å². The predicted molar refractivity (Wildman–Crippen MR) is 97.5 cm³/mol. The second kappa shape index (κ2) is 9.63. The molecule has 23 heavy (non-hydrogen) atoms. The number of ether oxygens (including phenoxy) is 1. The van der Waals surface area contributed by atoms with Crippen LogP contribution >= 0.6 is 11.6 Å². The molecule has 128 valence electrons. The largest absolute Gasteiger partial charge is 0.385 e. The average Bonchev–Trinajstić information content (AvgIpc) is 2.58. The molecule has 0 amide bonds. The van der Waals surface area contributed by atoms with Crippen LogP contribution in [-0.4, -0.2) is 57.3 Å². The first-order valence-corrected chi connectivity index (χ1v) is 8.63. The molecule has 0 aliphatic carbocycles. The number of hydrogen-bond acceptors (Lipinski definition) is 3. The Morgan fingerprint density at radius 2 is 1.83 bits per heavy atom. The Morgan fingerprint density at radius 1 is 1.13 bits per heavy atom. The van der Waals surface area contributed by atoms with E-state index < -0.39 is 0 Å². The topological polar surface area (TPSA) is 54.1 Å². The van der Waals surface area contributed by atoms with Gasteiger partial charge in [-0.15, -0.1) is 0 Å². The van der Waals surface area contributed by atoms with Crippen LogP contribution in [0.4, 0.5) is 5.69 Å². The molecular formula is C17H27ClN4O. The zero-order valence-electron chi connectivity index (χ0n) is 13.9. The Balaban J connectivity index is 1.71. The summed E-state index contributed by atoms with van der Waals surface area (Å²) in [5, 5.41) is 0.772. The van der Waals surface area contributed by atoms with Crippen LogP contribution in [0.15, 0.2) is 29.3 Å². The maximum Gasteiger partial charge on any atom is 0.191 e. The lowest BCUT2D eigenvalue weighted by molar-refractivity contribution is 0.192. The molecule has 0 bridgehead atoms. The van der Waals surface area contributed by atoms with Gasteiger partial charge in [-0.25, -0.2) is 0 Å². The fourth-order valence-electron chi connectivity index (χ4n) is 2.67. The molecule has 1 aliphatic heterocycles. The summed E-state index contributed by atoms with van der Waals surface area (Å²) in [6.45, 7) is 5.33. The van der Waals surface area contributed by atoms with E-state index in [4.69, 9.17) is 22.1 Å². The summed E-state index contributed by atoms with van der Waals surface area (Å²) in [6.07, 6.45) is 3.29. The number of guanidine groups is 1. The Labute approximate surface area is 144 Å². The molecule has 0 radical (unpaired) electrons.